The zero-order valence-electron chi connectivity index (χ0n) is 54.4. The maximum atomic E-state index is 10.1. The van der Waals surface area contributed by atoms with Crippen molar-refractivity contribution in [2.24, 2.45) is 0 Å². The van der Waals surface area contributed by atoms with Crippen molar-refractivity contribution in [3.05, 3.63) is 223 Å². The van der Waals surface area contributed by atoms with Crippen LogP contribution in [0.1, 0.15) is 80.2 Å². The molecule has 3 heterocycles. The van der Waals surface area contributed by atoms with Crippen molar-refractivity contribution in [1.82, 2.24) is 14.1 Å². The number of imidazole rings is 1. The first kappa shape index (κ1) is 30.2. The van der Waals surface area contributed by atoms with E-state index >= 15 is 0 Å². The number of pyridine rings is 1. The summed E-state index contributed by atoms with van der Waals surface area (Å²) in [6, 6.07) is 27.8. The number of rotatable bonds is 8. The van der Waals surface area contributed by atoms with Crippen LogP contribution >= 0.6 is 0 Å². The van der Waals surface area contributed by atoms with Gasteiger partial charge in [-0.1, -0.05) is 168 Å². The second-order valence-corrected chi connectivity index (χ2v) is 18.5. The van der Waals surface area contributed by atoms with Crippen LogP contribution in [0.15, 0.2) is 188 Å². The topological polar surface area (TPSA) is 35.9 Å². The Morgan fingerprint density at radius 3 is 1.99 bits per heavy atom. The van der Waals surface area contributed by atoms with Crippen LogP contribution in [-0.4, -0.2) is 14.1 Å². The van der Waals surface area contributed by atoms with E-state index in [1.54, 1.807) is 39.5 Å². The molecule has 6 heteroatoms. The van der Waals surface area contributed by atoms with Gasteiger partial charge in [0.1, 0.15) is 5.82 Å². The average Bonchev–Trinajstić information content (AvgIpc) is 1.93. The summed E-state index contributed by atoms with van der Waals surface area (Å²) in [6.07, 6.45) is 5.27. The molecule has 0 radical (unpaired) electrons. The number of aryl methyl sites for hydroxylation is 1. The summed E-state index contributed by atoms with van der Waals surface area (Å²) in [5.41, 5.74) is 0.394. The molecule has 0 saturated carbocycles. The van der Waals surface area contributed by atoms with E-state index in [4.69, 9.17) is 27.5 Å². The Morgan fingerprint density at radius 2 is 1.29 bits per heavy atom. The van der Waals surface area contributed by atoms with Crippen LogP contribution in [-0.2, 0) is 31.9 Å². The fourth-order valence-corrected chi connectivity index (χ4v) is 8.57. The Hall–Kier alpha value is -7.33. The molecule has 0 bridgehead atoms. The van der Waals surface area contributed by atoms with Gasteiger partial charge >= 0.3 is 0 Å². The van der Waals surface area contributed by atoms with Gasteiger partial charge in [0.05, 0.1) is 34.5 Å². The molecule has 5 nitrogen and oxygen atoms in total. The Balaban J connectivity index is 0.00000803. The first-order valence-corrected chi connectivity index (χ1v) is 22.1. The van der Waals surface area contributed by atoms with E-state index in [0.717, 1.165) is 33.2 Å². The standard InChI is InChI=1S/C63H52N4O.Pt/c1-42-33-54(47-36-45(43-19-10-8-11-20-43)35-46(37-47)44-21-12-9-13-22-44)61(55(34-42)63(5,6)7)66-41-65(57-27-16-17-28-58(57)66)49-23-18-24-50(39-49)68-51-29-30-53-52-25-14-15-26-56(52)67(59(53)40-51)60-38-48(31-32-64-60)62(2,3)4;/h8-38H,1-7H3;/q-2;/i1D3,8D,9D,10D,11D,12D,13D,19D,20D,21D,22D,35D,36D,37D;. The third kappa shape index (κ3) is 8.62. The Bertz CT molecular complexity index is 4440. The molecule has 8 aromatic carbocycles. The van der Waals surface area contributed by atoms with Crippen molar-refractivity contribution in [2.45, 2.75) is 59.2 Å². The maximum absolute atomic E-state index is 10.1. The second kappa shape index (κ2) is 18.0. The monoisotopic (exact) mass is 1090 g/mol. The van der Waals surface area contributed by atoms with Gasteiger partial charge in [-0.05, 0) is 110 Å². The van der Waals surface area contributed by atoms with Crippen LogP contribution in [0.5, 0.6) is 11.5 Å². The molecule has 0 aliphatic rings. The maximum Gasteiger partial charge on any atom is 0.268 e. The predicted molar refractivity (Wildman–Crippen MR) is 278 cm³/mol. The van der Waals surface area contributed by atoms with E-state index < -0.39 is 119 Å². The van der Waals surface area contributed by atoms with Gasteiger partial charge in [0.25, 0.3) is 6.33 Å². The number of nitrogens with zero attached hydrogens (tertiary/aromatic N) is 4. The van der Waals surface area contributed by atoms with Gasteiger partial charge in [0, 0.05) is 48.4 Å². The van der Waals surface area contributed by atoms with Crippen molar-refractivity contribution in [3.63, 3.8) is 0 Å². The molecular weight excluding hydrogens is 1020 g/mol. The van der Waals surface area contributed by atoms with Crippen molar-refractivity contribution in [1.29, 1.82) is 0 Å². The van der Waals surface area contributed by atoms with Gasteiger partial charge in [0.15, 0.2) is 0 Å². The molecule has 0 amide bonds. The number of hydrogen-bond acceptors (Lipinski definition) is 2. The van der Waals surface area contributed by atoms with Crippen LogP contribution in [0.4, 0.5) is 0 Å². The fourth-order valence-electron chi connectivity index (χ4n) is 8.57. The van der Waals surface area contributed by atoms with Gasteiger partial charge < -0.3 is 13.9 Å². The predicted octanol–water partition coefficient (Wildman–Crippen LogP) is 15.5. The molecule has 0 aliphatic carbocycles. The first-order valence-electron chi connectivity index (χ1n) is 30.1. The van der Waals surface area contributed by atoms with Gasteiger partial charge in [-0.15, -0.1) is 29.7 Å². The molecule has 0 N–H and O–H groups in total. The Labute approximate surface area is 442 Å². The van der Waals surface area contributed by atoms with Gasteiger partial charge in [0.2, 0.25) is 0 Å². The SMILES string of the molecule is [2H]c1c([2H])c([2H])c(-c2c([2H])c(-c3cc(C([2H])([2H])[2H])cc(C(C)(C)C)c3-[n+]3[c-]n(-c4[c-]c(Oc5[c-]c6c(cc5)c5ccccc5n6-c5cc(C(C)(C)C)ccn5)ccc4)c4ccccc43)c([2H])c(-c3c([2H])c([2H])c([2H])c([2H])c3[2H])c2[2H])c([2H])c1[2H].[Pt]. The van der Waals surface area contributed by atoms with E-state index in [-0.39, 0.29) is 43.3 Å². The molecule has 342 valence electrons. The molecule has 69 heavy (non-hydrogen) atoms. The van der Waals surface area contributed by atoms with Crippen LogP contribution < -0.4 is 9.30 Å². The van der Waals surface area contributed by atoms with Crippen LogP contribution in [0, 0.1) is 25.3 Å². The molecule has 0 saturated heterocycles. The number of para-hydroxylation sites is 3. The van der Waals surface area contributed by atoms with Crippen LogP contribution in [0.3, 0.4) is 0 Å². The van der Waals surface area contributed by atoms with Crippen LogP contribution in [0.2, 0.25) is 0 Å². The molecule has 11 rings (SSSR count). The van der Waals surface area contributed by atoms with Gasteiger partial charge in [-0.3, -0.25) is 4.57 Å². The first-order chi connectivity index (χ1) is 39.5. The zero-order chi connectivity index (χ0) is 60.5. The Morgan fingerprint density at radius 1 is 0.623 bits per heavy atom. The van der Waals surface area contributed by atoms with E-state index in [9.17, 15) is 4.11 Å². The molecule has 0 aliphatic heterocycles. The van der Waals surface area contributed by atoms with Crippen molar-refractivity contribution >= 4 is 32.8 Å². The summed E-state index contributed by atoms with van der Waals surface area (Å²) in [7, 11) is 0. The summed E-state index contributed by atoms with van der Waals surface area (Å²) in [5, 5.41) is 1.95. The summed E-state index contributed by atoms with van der Waals surface area (Å²) >= 11 is 0. The summed E-state index contributed by atoms with van der Waals surface area (Å²) < 4.78 is 156. The van der Waals surface area contributed by atoms with Crippen molar-refractivity contribution in [3.8, 4) is 62.1 Å². The fraction of sp³-hybridized carbons (Fsp3) is 0.143. The largest absolute Gasteiger partial charge is 0.510 e. The molecule has 0 fully saturated rings. The zero-order valence-corrected chi connectivity index (χ0v) is 40.7. The summed E-state index contributed by atoms with van der Waals surface area (Å²) in [6.45, 7) is 9.14. The minimum Gasteiger partial charge on any atom is -0.510 e. The van der Waals surface area contributed by atoms with Gasteiger partial charge in [-0.25, -0.2) is 4.98 Å². The Kier molecular flexibility index (Phi) is 7.87. The molecule has 0 atom stereocenters. The number of benzene rings is 8. The van der Waals surface area contributed by atoms with Gasteiger partial charge in [-0.2, -0.15) is 18.2 Å². The molecular formula is C63H52N4OPt-2. The molecule has 0 unspecified atom stereocenters. The minimum atomic E-state index is -2.83. The average molecular weight is 1090 g/mol. The smallest absolute Gasteiger partial charge is 0.268 e. The van der Waals surface area contributed by atoms with E-state index in [2.05, 4.69) is 55.9 Å². The number of fused-ring (bicyclic) bond motifs is 4. The number of aromatic nitrogens is 4. The van der Waals surface area contributed by atoms with Crippen molar-refractivity contribution < 1.29 is 52.3 Å². The third-order valence-electron chi connectivity index (χ3n) is 11.8. The molecule has 0 spiro atoms. The van der Waals surface area contributed by atoms with E-state index in [0.29, 0.717) is 33.8 Å². The van der Waals surface area contributed by atoms with E-state index in [1.165, 1.54) is 12.1 Å². The summed E-state index contributed by atoms with van der Waals surface area (Å²) in [5.74, 6) is 1.42. The minimum absolute atomic E-state index is 0. The number of ether oxygens (including phenoxy) is 1. The quantitative estimate of drug-likeness (QED) is 0.112. The van der Waals surface area contributed by atoms with E-state index in [1.807, 2.05) is 75.5 Å². The summed E-state index contributed by atoms with van der Waals surface area (Å²) in [4.78, 5) is 4.81. The number of hydrogen-bond donors (Lipinski definition) is 0. The molecule has 11 aromatic rings. The second-order valence-electron chi connectivity index (χ2n) is 18.5. The van der Waals surface area contributed by atoms with Crippen LogP contribution in [0.25, 0.3) is 83.4 Å². The third-order valence-corrected chi connectivity index (χ3v) is 11.8. The molecule has 3 aromatic heterocycles. The normalized spacial score (nSPS) is 15.3. The van der Waals surface area contributed by atoms with Crippen molar-refractivity contribution in [2.75, 3.05) is 0 Å².